The van der Waals surface area contributed by atoms with E-state index in [-0.39, 0.29) is 5.91 Å². The summed E-state index contributed by atoms with van der Waals surface area (Å²) in [5, 5.41) is 0. The van der Waals surface area contributed by atoms with E-state index in [1.54, 1.807) is 7.11 Å². The van der Waals surface area contributed by atoms with Gasteiger partial charge in [-0.25, -0.2) is 0 Å². The first-order chi connectivity index (χ1) is 13.6. The maximum absolute atomic E-state index is 12.9. The van der Waals surface area contributed by atoms with Gasteiger partial charge in [0.15, 0.2) is 0 Å². The van der Waals surface area contributed by atoms with E-state index in [4.69, 9.17) is 4.74 Å². The predicted molar refractivity (Wildman–Crippen MR) is 116 cm³/mol. The fourth-order valence-electron chi connectivity index (χ4n) is 3.54. The Labute approximate surface area is 168 Å². The molecule has 1 heterocycles. The Bertz CT molecular complexity index is 768. The summed E-state index contributed by atoms with van der Waals surface area (Å²) in [5.41, 5.74) is 3.07. The first-order valence-corrected chi connectivity index (χ1v) is 10.1. The third-order valence-electron chi connectivity index (χ3n) is 5.39. The monoisotopic (exact) mass is 381 g/mol. The van der Waals surface area contributed by atoms with Crippen LogP contribution in [0.4, 0.5) is 11.4 Å². The van der Waals surface area contributed by atoms with Crippen LogP contribution < -0.4 is 14.5 Å². The summed E-state index contributed by atoms with van der Waals surface area (Å²) in [5.74, 6) is 0.980. The minimum atomic E-state index is 0.119. The number of carbonyl (C=O) groups excluding carboxylic acids is 1. The Kier molecular flexibility index (Phi) is 6.80. The highest BCUT2D eigenvalue weighted by atomic mass is 16.5. The summed E-state index contributed by atoms with van der Waals surface area (Å²) in [6, 6.07) is 16.1. The largest absolute Gasteiger partial charge is 0.497 e. The molecule has 28 heavy (non-hydrogen) atoms. The molecule has 0 aromatic heterocycles. The smallest absolute Gasteiger partial charge is 0.253 e. The number of hydrogen-bond donors (Lipinski definition) is 0. The van der Waals surface area contributed by atoms with E-state index >= 15 is 0 Å². The second-order valence-corrected chi connectivity index (χ2v) is 7.30. The zero-order chi connectivity index (χ0) is 19.9. The fraction of sp³-hybridized carbons (Fsp3) is 0.435. The Morgan fingerprint density at radius 2 is 1.79 bits per heavy atom. The second-order valence-electron chi connectivity index (χ2n) is 7.30. The molecule has 1 fully saturated rings. The van der Waals surface area contributed by atoms with E-state index in [1.807, 2.05) is 35.2 Å². The Morgan fingerprint density at radius 3 is 2.43 bits per heavy atom. The van der Waals surface area contributed by atoms with Crippen molar-refractivity contribution in [2.75, 3.05) is 56.7 Å². The minimum Gasteiger partial charge on any atom is -0.497 e. The van der Waals surface area contributed by atoms with Gasteiger partial charge in [0, 0.05) is 62.8 Å². The predicted octanol–water partition coefficient (Wildman–Crippen LogP) is 3.89. The normalized spacial score (nSPS) is 14.1. The molecule has 2 aromatic carbocycles. The van der Waals surface area contributed by atoms with Crippen molar-refractivity contribution in [1.82, 2.24) is 4.90 Å². The van der Waals surface area contributed by atoms with Crippen molar-refractivity contribution < 1.29 is 9.53 Å². The average molecular weight is 382 g/mol. The molecule has 0 saturated carbocycles. The molecule has 0 aliphatic carbocycles. The summed E-state index contributed by atoms with van der Waals surface area (Å²) in [4.78, 5) is 19.4. The topological polar surface area (TPSA) is 36.0 Å². The van der Waals surface area contributed by atoms with E-state index < -0.39 is 0 Å². The molecule has 5 heteroatoms. The molecule has 0 unspecified atom stereocenters. The van der Waals surface area contributed by atoms with Crippen LogP contribution in [0.3, 0.4) is 0 Å². The van der Waals surface area contributed by atoms with Gasteiger partial charge in [-0.15, -0.1) is 0 Å². The Hall–Kier alpha value is -2.69. The standard InChI is InChI=1S/C23H31N3O2/c1-4-5-13-24(2)20-11-9-19(10-12-20)23(27)26-16-14-25(15-17-26)21-7-6-8-22(18-21)28-3/h6-12,18H,4-5,13-17H2,1-3H3. The van der Waals surface area contributed by atoms with E-state index in [0.717, 1.165) is 55.4 Å². The molecule has 1 aliphatic rings. The van der Waals surface area contributed by atoms with Gasteiger partial charge in [0.05, 0.1) is 7.11 Å². The molecule has 1 saturated heterocycles. The highest BCUT2D eigenvalue weighted by molar-refractivity contribution is 5.94. The summed E-state index contributed by atoms with van der Waals surface area (Å²) < 4.78 is 5.32. The van der Waals surface area contributed by atoms with E-state index in [1.165, 1.54) is 12.8 Å². The van der Waals surface area contributed by atoms with E-state index in [9.17, 15) is 4.79 Å². The molecule has 0 spiro atoms. The lowest BCUT2D eigenvalue weighted by molar-refractivity contribution is 0.0747. The van der Waals surface area contributed by atoms with Gasteiger partial charge in [-0.1, -0.05) is 19.4 Å². The van der Waals surface area contributed by atoms with Crippen molar-refractivity contribution >= 4 is 17.3 Å². The molecule has 150 valence electrons. The van der Waals surface area contributed by atoms with Crippen molar-refractivity contribution in [3.8, 4) is 5.75 Å². The molecular weight excluding hydrogens is 350 g/mol. The van der Waals surface area contributed by atoms with Crippen LogP contribution in [-0.2, 0) is 0 Å². The third kappa shape index (κ3) is 4.77. The molecule has 3 rings (SSSR count). The van der Waals surface area contributed by atoms with E-state index in [0.29, 0.717) is 0 Å². The lowest BCUT2D eigenvalue weighted by Crippen LogP contribution is -2.48. The van der Waals surface area contributed by atoms with Crippen molar-refractivity contribution in [3.05, 3.63) is 54.1 Å². The zero-order valence-corrected chi connectivity index (χ0v) is 17.2. The molecule has 0 N–H and O–H groups in total. The maximum atomic E-state index is 12.9. The third-order valence-corrected chi connectivity index (χ3v) is 5.39. The van der Waals surface area contributed by atoms with Crippen LogP contribution in [0.5, 0.6) is 5.75 Å². The lowest BCUT2D eigenvalue weighted by atomic mass is 10.1. The summed E-state index contributed by atoms with van der Waals surface area (Å²) in [6.45, 7) is 6.36. The van der Waals surface area contributed by atoms with Crippen LogP contribution in [0.15, 0.2) is 48.5 Å². The van der Waals surface area contributed by atoms with Crippen LogP contribution in [0.1, 0.15) is 30.1 Å². The van der Waals surface area contributed by atoms with Gasteiger partial charge in [-0.2, -0.15) is 0 Å². The lowest BCUT2D eigenvalue weighted by Gasteiger charge is -2.36. The Morgan fingerprint density at radius 1 is 1.07 bits per heavy atom. The number of hydrogen-bond acceptors (Lipinski definition) is 4. The molecule has 5 nitrogen and oxygen atoms in total. The van der Waals surface area contributed by atoms with Crippen LogP contribution in [-0.4, -0.2) is 57.7 Å². The first kappa shape index (κ1) is 20.1. The van der Waals surface area contributed by atoms with Gasteiger partial charge >= 0.3 is 0 Å². The van der Waals surface area contributed by atoms with Crippen LogP contribution >= 0.6 is 0 Å². The molecule has 1 aliphatic heterocycles. The number of methoxy groups -OCH3 is 1. The van der Waals surface area contributed by atoms with Gasteiger partial charge in [0.2, 0.25) is 0 Å². The van der Waals surface area contributed by atoms with Crippen LogP contribution in [0.2, 0.25) is 0 Å². The minimum absolute atomic E-state index is 0.119. The summed E-state index contributed by atoms with van der Waals surface area (Å²) in [6.07, 6.45) is 2.36. The number of benzene rings is 2. The number of piperazine rings is 1. The van der Waals surface area contributed by atoms with Gasteiger partial charge in [-0.05, 0) is 42.8 Å². The molecule has 1 amide bonds. The summed E-state index contributed by atoms with van der Waals surface area (Å²) in [7, 11) is 3.78. The number of amides is 1. The number of carbonyl (C=O) groups is 1. The van der Waals surface area contributed by atoms with Gasteiger partial charge in [0.1, 0.15) is 5.75 Å². The number of rotatable bonds is 7. The number of anilines is 2. The van der Waals surface area contributed by atoms with Gasteiger partial charge in [0.25, 0.3) is 5.91 Å². The zero-order valence-electron chi connectivity index (χ0n) is 17.2. The van der Waals surface area contributed by atoms with Crippen LogP contribution in [0.25, 0.3) is 0 Å². The molecular formula is C23H31N3O2. The number of nitrogens with zero attached hydrogens (tertiary/aromatic N) is 3. The Balaban J connectivity index is 1.57. The van der Waals surface area contributed by atoms with Crippen molar-refractivity contribution in [3.63, 3.8) is 0 Å². The first-order valence-electron chi connectivity index (χ1n) is 10.1. The van der Waals surface area contributed by atoms with Crippen LogP contribution in [0, 0.1) is 0 Å². The highest BCUT2D eigenvalue weighted by Gasteiger charge is 2.22. The SMILES string of the molecule is CCCCN(C)c1ccc(C(=O)N2CCN(c3cccc(OC)c3)CC2)cc1. The number of ether oxygens (including phenoxy) is 1. The second kappa shape index (κ2) is 9.49. The molecule has 2 aromatic rings. The van der Waals surface area contributed by atoms with Crippen molar-refractivity contribution in [1.29, 1.82) is 0 Å². The molecule has 0 atom stereocenters. The quantitative estimate of drug-likeness (QED) is 0.729. The van der Waals surface area contributed by atoms with Crippen molar-refractivity contribution in [2.24, 2.45) is 0 Å². The highest BCUT2D eigenvalue weighted by Crippen LogP contribution is 2.23. The maximum Gasteiger partial charge on any atom is 0.253 e. The summed E-state index contributed by atoms with van der Waals surface area (Å²) >= 11 is 0. The average Bonchev–Trinajstić information content (AvgIpc) is 2.77. The number of unbranched alkanes of at least 4 members (excludes halogenated alkanes) is 1. The van der Waals surface area contributed by atoms with Gasteiger partial charge in [-0.3, -0.25) is 4.79 Å². The molecule has 0 bridgehead atoms. The van der Waals surface area contributed by atoms with E-state index in [2.05, 4.69) is 42.0 Å². The molecule has 0 radical (unpaired) electrons. The van der Waals surface area contributed by atoms with Gasteiger partial charge < -0.3 is 19.4 Å². The van der Waals surface area contributed by atoms with Crippen molar-refractivity contribution in [2.45, 2.75) is 19.8 Å². The fourth-order valence-corrected chi connectivity index (χ4v) is 3.54.